The zero-order valence-corrected chi connectivity index (χ0v) is 22.0. The highest BCUT2D eigenvalue weighted by molar-refractivity contribution is 7.80. The smallest absolute Gasteiger partial charge is 0.306 e. The number of thiol groups is 1. The van der Waals surface area contributed by atoms with E-state index in [1.165, 1.54) is 51.4 Å². The maximum absolute atomic E-state index is 12.6. The van der Waals surface area contributed by atoms with Crippen molar-refractivity contribution in [3.05, 3.63) is 0 Å². The first-order valence-corrected chi connectivity index (χ1v) is 13.4. The Kier molecular flexibility index (Phi) is 19.3. The van der Waals surface area contributed by atoms with Crippen molar-refractivity contribution >= 4 is 30.4 Å². The fraction of sp³-hybridized carbons (Fsp3) is 0.880. The number of carbonyl (C=O) groups is 3. The van der Waals surface area contributed by atoms with E-state index in [1.54, 1.807) is 13.8 Å². The first kappa shape index (κ1) is 31.7. The van der Waals surface area contributed by atoms with Gasteiger partial charge in [0.25, 0.3) is 5.91 Å². The lowest BCUT2D eigenvalue weighted by Gasteiger charge is -2.31. The monoisotopic (exact) mass is 488 g/mol. The highest BCUT2D eigenvalue weighted by atomic mass is 32.1. The van der Waals surface area contributed by atoms with Crippen LogP contribution in [0.15, 0.2) is 0 Å². The summed E-state index contributed by atoms with van der Waals surface area (Å²) in [7, 11) is 0. The molecule has 0 fully saturated rings. The van der Waals surface area contributed by atoms with Gasteiger partial charge < -0.3 is 20.5 Å². The topological polar surface area (TPSA) is 105 Å². The largest absolute Gasteiger partial charge is 0.452 e. The molecule has 0 aromatic carbocycles. The molecule has 0 saturated heterocycles. The molecule has 3 N–H and O–H groups in total. The maximum atomic E-state index is 12.6. The minimum absolute atomic E-state index is 0.123. The molecule has 0 spiro atoms. The second-order valence-electron chi connectivity index (χ2n) is 9.42. The summed E-state index contributed by atoms with van der Waals surface area (Å²) >= 11 is 4.03. The van der Waals surface area contributed by atoms with E-state index in [-0.39, 0.29) is 31.9 Å². The van der Waals surface area contributed by atoms with Gasteiger partial charge in [-0.2, -0.15) is 12.6 Å². The average Bonchev–Trinajstić information content (AvgIpc) is 2.79. The normalized spacial score (nSPS) is 12.3. The summed E-state index contributed by atoms with van der Waals surface area (Å²) in [5, 5.41) is 15.0. The highest BCUT2D eigenvalue weighted by Crippen LogP contribution is 2.24. The second kappa shape index (κ2) is 20.1. The quantitative estimate of drug-likeness (QED) is 0.110. The Hall–Kier alpha value is -1.28. The van der Waals surface area contributed by atoms with E-state index in [0.29, 0.717) is 12.3 Å². The summed E-state index contributed by atoms with van der Waals surface area (Å²) < 4.78 is 5.46. The number of aliphatic hydroxyl groups is 1. The summed E-state index contributed by atoms with van der Waals surface area (Å²) in [6, 6.07) is 0. The average molecular weight is 489 g/mol. The van der Waals surface area contributed by atoms with Crippen LogP contribution in [-0.4, -0.2) is 54.4 Å². The predicted molar refractivity (Wildman–Crippen MR) is 136 cm³/mol. The number of hydrogen-bond donors (Lipinski definition) is 4. The van der Waals surface area contributed by atoms with Crippen molar-refractivity contribution in [3.63, 3.8) is 0 Å². The Morgan fingerprint density at radius 1 is 0.848 bits per heavy atom. The van der Waals surface area contributed by atoms with Crippen LogP contribution in [0.5, 0.6) is 0 Å². The van der Waals surface area contributed by atoms with Crippen LogP contribution in [0.2, 0.25) is 0 Å². The van der Waals surface area contributed by atoms with Crippen LogP contribution in [0, 0.1) is 5.41 Å². The van der Waals surface area contributed by atoms with E-state index in [4.69, 9.17) is 4.74 Å². The van der Waals surface area contributed by atoms with Gasteiger partial charge >= 0.3 is 5.97 Å². The number of hydrogen-bond acceptors (Lipinski definition) is 6. The number of unbranched alkanes of at least 4 members (excludes halogenated alkanes) is 10. The summed E-state index contributed by atoms with van der Waals surface area (Å²) in [5.41, 5.74) is -0.925. The molecular formula is C25H48N2O5S. The van der Waals surface area contributed by atoms with E-state index in [2.05, 4.69) is 30.2 Å². The van der Waals surface area contributed by atoms with E-state index in [9.17, 15) is 19.5 Å². The van der Waals surface area contributed by atoms with Crippen LogP contribution < -0.4 is 10.6 Å². The zero-order valence-electron chi connectivity index (χ0n) is 21.1. The number of nitrogens with one attached hydrogen (secondary N) is 2. The molecule has 0 bridgehead atoms. The Balaban J connectivity index is 4.20. The molecule has 0 aromatic rings. The molecule has 2 amide bonds. The van der Waals surface area contributed by atoms with Crippen molar-refractivity contribution < 1.29 is 24.2 Å². The van der Waals surface area contributed by atoms with Gasteiger partial charge in [0.1, 0.15) is 0 Å². The number of amides is 2. The number of carbonyl (C=O) groups excluding carboxylic acids is 3. The molecule has 0 saturated carbocycles. The van der Waals surface area contributed by atoms with Gasteiger partial charge in [-0.1, -0.05) is 85.0 Å². The van der Waals surface area contributed by atoms with Crippen LogP contribution in [0.4, 0.5) is 0 Å². The van der Waals surface area contributed by atoms with Crippen molar-refractivity contribution in [2.75, 3.05) is 25.4 Å². The summed E-state index contributed by atoms with van der Waals surface area (Å²) in [6.45, 7) is 5.86. The molecule has 8 heteroatoms. The molecule has 33 heavy (non-hydrogen) atoms. The van der Waals surface area contributed by atoms with Crippen LogP contribution >= 0.6 is 12.6 Å². The minimum Gasteiger partial charge on any atom is -0.452 e. The fourth-order valence-electron chi connectivity index (χ4n) is 3.45. The van der Waals surface area contributed by atoms with E-state index in [1.807, 2.05) is 0 Å². The molecule has 0 aromatic heterocycles. The standard InChI is InChI=1S/C25H48N2O5S/c1-4-5-6-7-8-9-10-11-12-13-14-15-22(30)32-23(25(2,3)20-28)24(31)27-17-16-21(29)26-18-19-33/h23,28,33H,4-20H2,1-3H3,(H,26,29)(H,27,31)/t23-/m0/s1. The fourth-order valence-corrected chi connectivity index (χ4v) is 3.56. The number of aliphatic hydroxyl groups excluding tert-OH is 1. The third kappa shape index (κ3) is 16.9. The molecule has 0 radical (unpaired) electrons. The molecule has 0 unspecified atom stereocenters. The van der Waals surface area contributed by atoms with Crippen molar-refractivity contribution in [3.8, 4) is 0 Å². The molecular weight excluding hydrogens is 440 g/mol. The van der Waals surface area contributed by atoms with E-state index < -0.39 is 23.4 Å². The Labute approximate surface area is 206 Å². The number of rotatable bonds is 21. The van der Waals surface area contributed by atoms with Crippen LogP contribution in [0.1, 0.15) is 104 Å². The van der Waals surface area contributed by atoms with E-state index in [0.717, 1.165) is 19.3 Å². The van der Waals surface area contributed by atoms with E-state index >= 15 is 0 Å². The van der Waals surface area contributed by atoms with Gasteiger partial charge in [-0.25, -0.2) is 0 Å². The van der Waals surface area contributed by atoms with Gasteiger partial charge in [0.15, 0.2) is 6.10 Å². The minimum atomic E-state index is -1.11. The Morgan fingerprint density at radius 3 is 1.91 bits per heavy atom. The second-order valence-corrected chi connectivity index (χ2v) is 9.86. The molecule has 1 atom stereocenters. The van der Waals surface area contributed by atoms with Gasteiger partial charge in [-0.15, -0.1) is 0 Å². The lowest BCUT2D eigenvalue weighted by molar-refractivity contribution is -0.165. The number of ether oxygens (including phenoxy) is 1. The zero-order chi connectivity index (χ0) is 25.0. The SMILES string of the molecule is CCCCCCCCCCCCCC(=O)O[C@@H](C(=O)NCCC(=O)NCCS)C(C)(C)CO. The number of esters is 1. The molecule has 0 rings (SSSR count). The molecule has 0 aliphatic heterocycles. The maximum Gasteiger partial charge on any atom is 0.306 e. The highest BCUT2D eigenvalue weighted by Gasteiger charge is 2.38. The molecule has 0 heterocycles. The van der Waals surface area contributed by atoms with Crippen molar-refractivity contribution in [2.24, 2.45) is 5.41 Å². The Bertz CT molecular complexity index is 543. The Morgan fingerprint density at radius 2 is 1.39 bits per heavy atom. The molecule has 0 aliphatic rings. The molecule has 7 nitrogen and oxygen atoms in total. The predicted octanol–water partition coefficient (Wildman–Crippen LogP) is 4.17. The lowest BCUT2D eigenvalue weighted by Crippen LogP contribution is -2.48. The molecule has 0 aliphatic carbocycles. The first-order chi connectivity index (χ1) is 15.8. The van der Waals surface area contributed by atoms with Gasteiger partial charge in [-0.05, 0) is 6.42 Å². The molecule has 194 valence electrons. The summed E-state index contributed by atoms with van der Waals surface area (Å²) in [6.07, 6.45) is 12.4. The van der Waals surface area contributed by atoms with Crippen molar-refractivity contribution in [1.82, 2.24) is 10.6 Å². The van der Waals surface area contributed by atoms with Gasteiger partial charge in [0.05, 0.1) is 6.61 Å². The third-order valence-electron chi connectivity index (χ3n) is 5.67. The van der Waals surface area contributed by atoms with Crippen LogP contribution in [-0.2, 0) is 19.1 Å². The van der Waals surface area contributed by atoms with Gasteiger partial charge in [0, 0.05) is 37.1 Å². The van der Waals surface area contributed by atoms with Gasteiger partial charge in [-0.3, -0.25) is 14.4 Å². The van der Waals surface area contributed by atoms with Crippen LogP contribution in [0.25, 0.3) is 0 Å². The summed E-state index contributed by atoms with van der Waals surface area (Å²) in [5.74, 6) is -0.571. The lowest BCUT2D eigenvalue weighted by atomic mass is 9.86. The third-order valence-corrected chi connectivity index (χ3v) is 5.90. The van der Waals surface area contributed by atoms with Crippen LogP contribution in [0.3, 0.4) is 0 Å². The summed E-state index contributed by atoms with van der Waals surface area (Å²) in [4.78, 5) is 36.6. The van der Waals surface area contributed by atoms with Crippen molar-refractivity contribution in [1.29, 1.82) is 0 Å². The first-order valence-electron chi connectivity index (χ1n) is 12.7. The van der Waals surface area contributed by atoms with Crippen molar-refractivity contribution in [2.45, 2.75) is 110 Å². The van der Waals surface area contributed by atoms with Gasteiger partial charge in [0.2, 0.25) is 5.91 Å².